The van der Waals surface area contributed by atoms with Gasteiger partial charge in [-0.15, -0.1) is 0 Å². The maximum atomic E-state index is 13.4. The van der Waals surface area contributed by atoms with Gasteiger partial charge < -0.3 is 61.6 Å². The van der Waals surface area contributed by atoms with E-state index >= 15 is 0 Å². The molecule has 2 aliphatic heterocycles. The fraction of sp³-hybridized carbons (Fsp3) is 0.442. The van der Waals surface area contributed by atoms with Crippen LogP contribution in [-0.2, 0) is 42.8 Å². The zero-order valence-corrected chi connectivity index (χ0v) is 54.1. The highest BCUT2D eigenvalue weighted by Gasteiger charge is 2.31. The van der Waals surface area contributed by atoms with Gasteiger partial charge in [0.15, 0.2) is 12.6 Å². The molecule has 12 rings (SSSR count). The predicted molar refractivity (Wildman–Crippen MR) is 360 cm³/mol. The van der Waals surface area contributed by atoms with E-state index in [0.29, 0.717) is 56.9 Å². The molecule has 0 N–H and O–H groups in total. The monoisotopic (exact) mass is 1290 g/mol. The number of epoxide rings is 2. The maximum absolute atomic E-state index is 13.4. The molecule has 0 bridgehead atoms. The molecule has 2 saturated carbocycles. The van der Waals surface area contributed by atoms with Crippen LogP contribution in [0.15, 0.2) is 140 Å². The van der Waals surface area contributed by atoms with E-state index < -0.39 is 5.97 Å². The summed E-state index contributed by atoms with van der Waals surface area (Å²) in [7, 11) is 0. The van der Waals surface area contributed by atoms with Crippen LogP contribution in [0.3, 0.4) is 0 Å². The normalized spacial score (nSPS) is 19.1. The van der Waals surface area contributed by atoms with Crippen LogP contribution in [0, 0.1) is 23.7 Å². The molecule has 2 atom stereocenters. The lowest BCUT2D eigenvalue weighted by atomic mass is 9.82. The second-order valence-corrected chi connectivity index (χ2v) is 25.0. The van der Waals surface area contributed by atoms with Gasteiger partial charge >= 0.3 is 17.9 Å². The summed E-state index contributed by atoms with van der Waals surface area (Å²) < 4.78 is 74.7. The number of hydrogen-bond donors (Lipinski definition) is 0. The highest BCUT2D eigenvalue weighted by molar-refractivity contribution is 6.24. The Morgan fingerprint density at radius 1 is 0.421 bits per heavy atom. The smallest absolute Gasteiger partial charge is 0.330 e. The molecule has 4 aliphatic rings. The van der Waals surface area contributed by atoms with E-state index in [1.54, 1.807) is 24.3 Å². The summed E-state index contributed by atoms with van der Waals surface area (Å²) >= 11 is 0. The molecule has 7 aromatic carbocycles. The largest absolute Gasteiger partial charge is 0.494 e. The Kier molecular flexibility index (Phi) is 23.7. The number of carbonyl (C=O) groups is 3. The number of carbonyl (C=O) groups excluding carboxylic acids is 3. The molecule has 18 nitrogen and oxygen atoms in total. The minimum atomic E-state index is -0.486. The van der Waals surface area contributed by atoms with Crippen molar-refractivity contribution in [1.82, 2.24) is 9.97 Å². The lowest BCUT2D eigenvalue weighted by Crippen LogP contribution is -2.27. The second-order valence-electron chi connectivity index (χ2n) is 25.0. The summed E-state index contributed by atoms with van der Waals surface area (Å²) in [6.07, 6.45) is 15.8. The van der Waals surface area contributed by atoms with Crippen LogP contribution < -0.4 is 33.2 Å². The highest BCUT2D eigenvalue weighted by atomic mass is 16.8. The molecule has 0 radical (unpaired) electrons. The molecule has 3 heterocycles. The van der Waals surface area contributed by atoms with Gasteiger partial charge in [-0.2, -0.15) is 0 Å². The first-order valence-electron chi connectivity index (χ1n) is 34.1. The Hall–Kier alpha value is -8.39. The Balaban J connectivity index is 0.669. The molecule has 18 heteroatoms. The molecule has 0 spiro atoms. The van der Waals surface area contributed by atoms with E-state index in [4.69, 9.17) is 71.5 Å². The van der Waals surface area contributed by atoms with E-state index in [1.165, 1.54) is 0 Å². The molecule has 2 unspecified atom stereocenters. The van der Waals surface area contributed by atoms with Gasteiger partial charge in [0.2, 0.25) is 0 Å². The topological polar surface area (TPSA) is 204 Å². The van der Waals surface area contributed by atoms with Gasteiger partial charge in [-0.1, -0.05) is 37.6 Å². The second kappa shape index (κ2) is 33.8. The summed E-state index contributed by atoms with van der Waals surface area (Å²) in [5.41, 5.74) is 4.86. The standard InChI is InChI=1S/C77H86N2O16/c1-2-71(80)87-43-41-83-40-42-86-62-13-11-12-56(44-62)57-22-35-69-70(45-57)79-75-68-47-64(91-49-53-16-20-55(21-17-53)77(82)95-61-29-25-59(26-30-61)85-37-8-4-6-10-39-89-73-51-93-73)32-34-66(68)65-33-31-63(46-67(65)74(75)78-69)90-48-52-14-18-54(19-15-52)76(81)94-60-27-23-58(24-28-60)84-36-7-3-5-9-38-88-72-50-92-72/h2,11-13,22-35,44-47,52-55,72-73H,1,3-10,14-21,36-43,48-51H2. The van der Waals surface area contributed by atoms with Crippen molar-refractivity contribution in [2.75, 3.05) is 79.3 Å². The van der Waals surface area contributed by atoms with Crippen LogP contribution in [0.4, 0.5) is 0 Å². The maximum Gasteiger partial charge on any atom is 0.330 e. The van der Waals surface area contributed by atoms with Crippen molar-refractivity contribution in [2.24, 2.45) is 23.7 Å². The van der Waals surface area contributed by atoms with E-state index in [0.717, 1.165) is 213 Å². The third-order valence-electron chi connectivity index (χ3n) is 18.0. The third-order valence-corrected chi connectivity index (χ3v) is 18.0. The van der Waals surface area contributed by atoms with Gasteiger partial charge in [-0.05, 0) is 233 Å². The zero-order valence-electron chi connectivity index (χ0n) is 54.1. The first-order valence-corrected chi connectivity index (χ1v) is 34.1. The summed E-state index contributed by atoms with van der Waals surface area (Å²) in [5, 5.41) is 3.86. The predicted octanol–water partition coefficient (Wildman–Crippen LogP) is 15.1. The number of rotatable bonds is 37. The Morgan fingerprint density at radius 3 is 1.39 bits per heavy atom. The van der Waals surface area contributed by atoms with Crippen molar-refractivity contribution in [3.05, 3.63) is 140 Å². The van der Waals surface area contributed by atoms with Gasteiger partial charge in [0.1, 0.15) is 66.7 Å². The van der Waals surface area contributed by atoms with Crippen molar-refractivity contribution in [1.29, 1.82) is 0 Å². The Labute approximate surface area is 554 Å². The number of ether oxygens (including phenoxy) is 13. The Bertz CT molecular complexity index is 3840. The van der Waals surface area contributed by atoms with Crippen LogP contribution >= 0.6 is 0 Å². The number of nitrogens with zero attached hydrogens (tertiary/aromatic N) is 2. The molecule has 2 saturated heterocycles. The Morgan fingerprint density at radius 2 is 0.874 bits per heavy atom. The van der Waals surface area contributed by atoms with Gasteiger partial charge in [0.25, 0.3) is 0 Å². The summed E-state index contributed by atoms with van der Waals surface area (Å²) in [4.78, 5) is 48.9. The number of unbranched alkanes of at least 4 members (excludes halogenated alkanes) is 6. The van der Waals surface area contributed by atoms with Crippen molar-refractivity contribution in [2.45, 2.75) is 115 Å². The van der Waals surface area contributed by atoms with Gasteiger partial charge in [0, 0.05) is 30.1 Å². The fourth-order valence-corrected chi connectivity index (χ4v) is 12.4. The molecule has 2 aliphatic carbocycles. The molecule has 1 aromatic heterocycles. The minimum absolute atomic E-state index is 0.0200. The molecule has 8 aromatic rings. The van der Waals surface area contributed by atoms with E-state index in [-0.39, 0.29) is 61.4 Å². The van der Waals surface area contributed by atoms with Gasteiger partial charge in [0.05, 0.1) is 73.5 Å². The van der Waals surface area contributed by atoms with Crippen LogP contribution in [0.5, 0.6) is 40.2 Å². The average Bonchev–Trinajstić information content (AvgIpc) is 1.62. The quantitative estimate of drug-likeness (QED) is 0.00675. The van der Waals surface area contributed by atoms with Gasteiger partial charge in [-0.3, -0.25) is 9.59 Å². The SMILES string of the molecule is C=CC(=O)OCCOCCOc1cccc(-c2ccc3nc4c5cc(OCC6CCC(C(=O)Oc7ccc(OCCCCCCOC8CO8)cc7)CC6)ccc5c5ccc(OCC6CCC(C(=O)Oc7ccc(OCCCCCCOC8CO8)cc7)CC6)cc5c4nc3c2)c1. The van der Waals surface area contributed by atoms with Crippen molar-refractivity contribution in [3.63, 3.8) is 0 Å². The van der Waals surface area contributed by atoms with Gasteiger partial charge in [-0.25, -0.2) is 14.8 Å². The molecule has 95 heavy (non-hydrogen) atoms. The summed E-state index contributed by atoms with van der Waals surface area (Å²) in [5.74, 6) is 4.02. The number of hydrogen-bond acceptors (Lipinski definition) is 18. The minimum Gasteiger partial charge on any atom is -0.494 e. The van der Waals surface area contributed by atoms with Crippen LogP contribution in [0.2, 0.25) is 0 Å². The van der Waals surface area contributed by atoms with Crippen molar-refractivity contribution < 1.29 is 76.0 Å². The molecule has 500 valence electrons. The zero-order chi connectivity index (χ0) is 65.0. The highest BCUT2D eigenvalue weighted by Crippen LogP contribution is 2.40. The van der Waals surface area contributed by atoms with E-state index in [1.807, 2.05) is 66.7 Å². The molecular weight excluding hydrogens is 1210 g/mol. The van der Waals surface area contributed by atoms with E-state index in [2.05, 4.69) is 43.0 Å². The lowest BCUT2D eigenvalue weighted by Gasteiger charge is -2.27. The van der Waals surface area contributed by atoms with Crippen LogP contribution in [0.25, 0.3) is 54.7 Å². The summed E-state index contributed by atoms with van der Waals surface area (Å²) in [6.45, 7) is 9.66. The first-order chi connectivity index (χ1) is 46.7. The van der Waals surface area contributed by atoms with Crippen molar-refractivity contribution in [3.8, 4) is 51.4 Å². The number of fused-ring (bicyclic) bond motifs is 7. The molecular formula is C77H86N2O16. The lowest BCUT2D eigenvalue weighted by molar-refractivity contribution is -0.141. The number of esters is 3. The molecule has 0 amide bonds. The molecule has 4 fully saturated rings. The number of benzene rings is 7. The number of aromatic nitrogens is 2. The first kappa shape index (κ1) is 66.6. The third kappa shape index (κ3) is 19.6. The van der Waals surface area contributed by atoms with Crippen molar-refractivity contribution >= 4 is 61.5 Å². The van der Waals surface area contributed by atoms with Crippen LogP contribution in [-0.4, -0.2) is 120 Å². The fourth-order valence-electron chi connectivity index (χ4n) is 12.4. The summed E-state index contributed by atoms with van der Waals surface area (Å²) in [6, 6.07) is 41.1. The van der Waals surface area contributed by atoms with Crippen LogP contribution in [0.1, 0.15) is 103 Å². The van der Waals surface area contributed by atoms with E-state index in [9.17, 15) is 14.4 Å². The average molecular weight is 1300 g/mol.